The number of fused-ring (bicyclic) bond motifs is 1. The molecule has 35 heavy (non-hydrogen) atoms. The van der Waals surface area contributed by atoms with E-state index in [-0.39, 0.29) is 19.2 Å². The summed E-state index contributed by atoms with van der Waals surface area (Å²) in [5.41, 5.74) is 3.36. The van der Waals surface area contributed by atoms with Crippen molar-refractivity contribution in [3.63, 3.8) is 0 Å². The lowest BCUT2D eigenvalue weighted by atomic mass is 10.1. The molecular formula is C30H40BrNO3. The van der Waals surface area contributed by atoms with Crippen molar-refractivity contribution in [3.05, 3.63) is 65.9 Å². The minimum Gasteiger partial charge on any atom is -0.481 e. The number of ether oxygens (including phenoxy) is 2. The van der Waals surface area contributed by atoms with Crippen LogP contribution in [0.3, 0.4) is 0 Å². The zero-order valence-corrected chi connectivity index (χ0v) is 22.7. The molecule has 0 aliphatic rings. The van der Waals surface area contributed by atoms with Crippen LogP contribution in [0, 0.1) is 6.92 Å². The highest BCUT2D eigenvalue weighted by molar-refractivity contribution is 9.09. The molecule has 0 saturated carbocycles. The van der Waals surface area contributed by atoms with Gasteiger partial charge in [-0.2, -0.15) is 0 Å². The smallest absolute Gasteiger partial charge is 0.344 e. The first-order valence-corrected chi connectivity index (χ1v) is 14.3. The van der Waals surface area contributed by atoms with Crippen LogP contribution in [0.5, 0.6) is 5.75 Å². The summed E-state index contributed by atoms with van der Waals surface area (Å²) in [6.45, 7) is 3.34. The van der Waals surface area contributed by atoms with Crippen molar-refractivity contribution in [2.75, 3.05) is 11.9 Å². The monoisotopic (exact) mass is 541 g/mol. The van der Waals surface area contributed by atoms with Gasteiger partial charge in [-0.05, 0) is 43.5 Å². The molecular weight excluding hydrogens is 502 g/mol. The van der Waals surface area contributed by atoms with Crippen LogP contribution in [0.1, 0.15) is 75.5 Å². The Morgan fingerprint density at radius 3 is 2.17 bits per heavy atom. The van der Waals surface area contributed by atoms with Crippen molar-refractivity contribution in [1.29, 1.82) is 0 Å². The van der Waals surface area contributed by atoms with Gasteiger partial charge in [0.15, 0.2) is 6.61 Å². The van der Waals surface area contributed by atoms with E-state index in [1.807, 2.05) is 42.5 Å². The molecule has 190 valence electrons. The highest BCUT2D eigenvalue weighted by Crippen LogP contribution is 2.29. The number of aromatic nitrogens is 1. The Hall–Kier alpha value is -2.27. The Kier molecular flexibility index (Phi) is 12.2. The summed E-state index contributed by atoms with van der Waals surface area (Å²) in [5.74, 6) is 0.373. The molecule has 0 bridgehead atoms. The fourth-order valence-corrected chi connectivity index (χ4v) is 4.90. The minimum atomic E-state index is -0.360. The number of benzene rings is 2. The average molecular weight is 543 g/mol. The third kappa shape index (κ3) is 9.36. The Morgan fingerprint density at radius 1 is 0.829 bits per heavy atom. The molecule has 0 radical (unpaired) electrons. The molecule has 0 saturated heterocycles. The maximum Gasteiger partial charge on any atom is 0.344 e. The van der Waals surface area contributed by atoms with Crippen molar-refractivity contribution in [1.82, 2.24) is 4.57 Å². The molecule has 0 N–H and O–H groups in total. The van der Waals surface area contributed by atoms with E-state index in [0.29, 0.717) is 0 Å². The number of alkyl halides is 1. The molecule has 3 aromatic rings. The van der Waals surface area contributed by atoms with Crippen molar-refractivity contribution >= 4 is 32.8 Å². The predicted molar refractivity (Wildman–Crippen MR) is 148 cm³/mol. The molecule has 0 aliphatic heterocycles. The number of nitrogens with zero attached hydrogens (tertiary/aromatic N) is 1. The summed E-state index contributed by atoms with van der Waals surface area (Å²) < 4.78 is 13.6. The summed E-state index contributed by atoms with van der Waals surface area (Å²) in [7, 11) is 0. The van der Waals surface area contributed by atoms with Crippen LogP contribution >= 0.6 is 15.9 Å². The molecule has 5 heteroatoms. The lowest BCUT2D eigenvalue weighted by Crippen LogP contribution is -2.14. The number of carbonyl (C=O) groups excluding carboxylic acids is 1. The SMILES string of the molecule is Cc1cc2c(OCC(=O)OCc3ccccc3)cccc2n1CCCCCCCCCCCCBr. The number of esters is 1. The molecule has 4 nitrogen and oxygen atoms in total. The number of hydrogen-bond acceptors (Lipinski definition) is 3. The molecule has 1 heterocycles. The molecule has 0 spiro atoms. The Bertz CT molecular complexity index is 1020. The van der Waals surface area contributed by atoms with Crippen LogP contribution in [0.25, 0.3) is 10.9 Å². The molecule has 0 amide bonds. The van der Waals surface area contributed by atoms with Crippen LogP contribution in [0.15, 0.2) is 54.6 Å². The lowest BCUT2D eigenvalue weighted by molar-refractivity contribution is -0.147. The van der Waals surface area contributed by atoms with Crippen LogP contribution in [-0.4, -0.2) is 22.5 Å². The van der Waals surface area contributed by atoms with E-state index in [4.69, 9.17) is 9.47 Å². The van der Waals surface area contributed by atoms with Gasteiger partial charge >= 0.3 is 5.97 Å². The maximum absolute atomic E-state index is 12.2. The number of unbranched alkanes of at least 4 members (excludes halogenated alkanes) is 9. The topological polar surface area (TPSA) is 40.5 Å². The predicted octanol–water partition coefficient (Wildman–Crippen LogP) is 8.37. The highest BCUT2D eigenvalue weighted by atomic mass is 79.9. The zero-order chi connectivity index (χ0) is 24.7. The third-order valence-corrected chi connectivity index (χ3v) is 7.03. The van der Waals surface area contributed by atoms with Gasteiger partial charge in [-0.1, -0.05) is 104 Å². The standard InChI is InChI=1S/C30H40BrNO3/c1-25-22-27-28(32(25)21-14-9-7-5-3-2-4-6-8-13-20-31)18-15-19-29(27)34-24-30(33)35-23-26-16-11-10-12-17-26/h10-12,15-19,22H,2-9,13-14,20-21,23-24H2,1H3. The van der Waals surface area contributed by atoms with Gasteiger partial charge in [0.25, 0.3) is 0 Å². The van der Waals surface area contributed by atoms with E-state index >= 15 is 0 Å². The Morgan fingerprint density at radius 2 is 1.49 bits per heavy atom. The summed E-state index contributed by atoms with van der Waals surface area (Å²) in [5, 5.41) is 2.20. The Balaban J connectivity index is 1.40. The maximum atomic E-state index is 12.2. The van der Waals surface area contributed by atoms with Crippen molar-refractivity contribution in [2.24, 2.45) is 0 Å². The fourth-order valence-electron chi connectivity index (χ4n) is 4.51. The molecule has 0 fully saturated rings. The third-order valence-electron chi connectivity index (χ3n) is 6.47. The van der Waals surface area contributed by atoms with Crippen molar-refractivity contribution in [2.45, 2.75) is 84.3 Å². The van der Waals surface area contributed by atoms with Crippen LogP contribution in [0.2, 0.25) is 0 Å². The number of carbonyl (C=O) groups is 1. The van der Waals surface area contributed by atoms with Gasteiger partial charge in [0.1, 0.15) is 12.4 Å². The summed E-state index contributed by atoms with van der Waals surface area (Å²) >= 11 is 3.50. The molecule has 1 aromatic heterocycles. The molecule has 3 rings (SSSR count). The highest BCUT2D eigenvalue weighted by Gasteiger charge is 2.12. The first-order valence-electron chi connectivity index (χ1n) is 13.2. The molecule has 0 atom stereocenters. The van der Waals surface area contributed by atoms with Gasteiger partial charge in [-0.3, -0.25) is 0 Å². The van der Waals surface area contributed by atoms with Gasteiger partial charge in [-0.25, -0.2) is 4.79 Å². The molecule has 2 aromatic carbocycles. The van der Waals surface area contributed by atoms with Gasteiger partial charge in [0.05, 0.1) is 5.52 Å². The van der Waals surface area contributed by atoms with Gasteiger partial charge in [-0.15, -0.1) is 0 Å². The van der Waals surface area contributed by atoms with Crippen LogP contribution < -0.4 is 4.74 Å². The molecule has 0 aliphatic carbocycles. The Labute approximate surface area is 219 Å². The number of rotatable bonds is 17. The largest absolute Gasteiger partial charge is 0.481 e. The van der Waals surface area contributed by atoms with Crippen molar-refractivity contribution in [3.8, 4) is 5.75 Å². The second-order valence-corrected chi connectivity index (χ2v) is 10.1. The second kappa shape index (κ2) is 15.7. The second-order valence-electron chi connectivity index (χ2n) is 9.29. The first-order chi connectivity index (χ1) is 17.2. The van der Waals surface area contributed by atoms with E-state index in [1.54, 1.807) is 0 Å². The minimum absolute atomic E-state index is 0.0906. The van der Waals surface area contributed by atoms with E-state index in [0.717, 1.165) is 28.6 Å². The van der Waals surface area contributed by atoms with Gasteiger partial charge < -0.3 is 14.0 Å². The summed E-state index contributed by atoms with van der Waals surface area (Å²) in [6.07, 6.45) is 13.3. The van der Waals surface area contributed by atoms with Crippen LogP contribution in [-0.2, 0) is 22.7 Å². The summed E-state index contributed by atoms with van der Waals surface area (Å²) in [6, 6.07) is 17.9. The van der Waals surface area contributed by atoms with Gasteiger partial charge in [0, 0.05) is 23.0 Å². The lowest BCUT2D eigenvalue weighted by Gasteiger charge is -2.10. The fraction of sp³-hybridized carbons (Fsp3) is 0.500. The quantitative estimate of drug-likeness (QED) is 0.0978. The zero-order valence-electron chi connectivity index (χ0n) is 21.1. The summed E-state index contributed by atoms with van der Waals surface area (Å²) in [4.78, 5) is 12.2. The first kappa shape index (κ1) is 27.3. The van der Waals surface area contributed by atoms with E-state index in [2.05, 4.69) is 39.6 Å². The molecule has 0 unspecified atom stereocenters. The van der Waals surface area contributed by atoms with E-state index < -0.39 is 0 Å². The number of aryl methyl sites for hydroxylation is 2. The van der Waals surface area contributed by atoms with E-state index in [9.17, 15) is 4.79 Å². The number of halogens is 1. The van der Waals surface area contributed by atoms with Gasteiger partial charge in [0.2, 0.25) is 0 Å². The number of hydrogen-bond donors (Lipinski definition) is 0. The van der Waals surface area contributed by atoms with Crippen molar-refractivity contribution < 1.29 is 14.3 Å². The van der Waals surface area contributed by atoms with Crippen LogP contribution in [0.4, 0.5) is 0 Å². The normalized spacial score (nSPS) is 11.1. The van der Waals surface area contributed by atoms with E-state index in [1.165, 1.54) is 75.4 Å². The average Bonchev–Trinajstić information content (AvgIpc) is 3.20.